The van der Waals surface area contributed by atoms with Crippen LogP contribution in [-0.2, 0) is 0 Å². The zero-order chi connectivity index (χ0) is 29.3. The van der Waals surface area contributed by atoms with Gasteiger partial charge in [-0.2, -0.15) is 0 Å². The SMILES string of the molecule is c1ccc(-c2c3ccccc3c(-c3ccccc3)c3cc(-c4ccc(-c5cccc(-c6ncccn6)n5)cc4)ccc23)cc1. The molecule has 0 aliphatic heterocycles. The summed E-state index contributed by atoms with van der Waals surface area (Å²) in [4.78, 5) is 13.6. The van der Waals surface area contributed by atoms with Crippen molar-refractivity contribution in [1.82, 2.24) is 15.0 Å². The van der Waals surface area contributed by atoms with Crippen molar-refractivity contribution in [2.75, 3.05) is 0 Å². The van der Waals surface area contributed by atoms with Gasteiger partial charge >= 0.3 is 0 Å². The van der Waals surface area contributed by atoms with E-state index in [1.807, 2.05) is 24.3 Å². The molecule has 0 saturated heterocycles. The van der Waals surface area contributed by atoms with Crippen LogP contribution in [0.25, 0.3) is 77.7 Å². The maximum atomic E-state index is 4.84. The van der Waals surface area contributed by atoms with Gasteiger partial charge in [-0.3, -0.25) is 0 Å². The molecule has 6 aromatic carbocycles. The molecule has 44 heavy (non-hydrogen) atoms. The number of hydrogen-bond donors (Lipinski definition) is 0. The first-order valence-electron chi connectivity index (χ1n) is 14.8. The molecule has 0 bridgehead atoms. The van der Waals surface area contributed by atoms with Gasteiger partial charge in [0.25, 0.3) is 0 Å². The van der Waals surface area contributed by atoms with Crippen LogP contribution in [0.1, 0.15) is 0 Å². The first-order valence-corrected chi connectivity index (χ1v) is 14.8. The Hall–Kier alpha value is -5.93. The van der Waals surface area contributed by atoms with Crippen molar-refractivity contribution in [3.05, 3.63) is 164 Å². The molecule has 0 fully saturated rings. The summed E-state index contributed by atoms with van der Waals surface area (Å²) in [7, 11) is 0. The molecule has 0 spiro atoms. The molecule has 2 heterocycles. The van der Waals surface area contributed by atoms with Crippen LogP contribution in [0.3, 0.4) is 0 Å². The van der Waals surface area contributed by atoms with Crippen molar-refractivity contribution in [2.24, 2.45) is 0 Å². The lowest BCUT2D eigenvalue weighted by Crippen LogP contribution is -1.92. The molecule has 206 valence electrons. The van der Waals surface area contributed by atoms with Gasteiger partial charge in [-0.15, -0.1) is 0 Å². The van der Waals surface area contributed by atoms with Gasteiger partial charge in [-0.25, -0.2) is 15.0 Å². The minimum absolute atomic E-state index is 0.624. The molecule has 0 N–H and O–H groups in total. The quantitative estimate of drug-likeness (QED) is 0.196. The summed E-state index contributed by atoms with van der Waals surface area (Å²) >= 11 is 0. The van der Waals surface area contributed by atoms with Crippen LogP contribution in [0.4, 0.5) is 0 Å². The number of hydrogen-bond acceptors (Lipinski definition) is 3. The fourth-order valence-electron chi connectivity index (χ4n) is 6.17. The summed E-state index contributed by atoms with van der Waals surface area (Å²) in [6.45, 7) is 0. The highest BCUT2D eigenvalue weighted by atomic mass is 14.9. The number of pyridine rings is 1. The molecule has 2 aromatic heterocycles. The normalized spacial score (nSPS) is 11.2. The van der Waals surface area contributed by atoms with Gasteiger partial charge in [0, 0.05) is 18.0 Å². The molecule has 0 unspecified atom stereocenters. The summed E-state index contributed by atoms with van der Waals surface area (Å²) in [6.07, 6.45) is 3.48. The maximum absolute atomic E-state index is 4.84. The average molecular weight is 562 g/mol. The highest BCUT2D eigenvalue weighted by Gasteiger charge is 2.17. The van der Waals surface area contributed by atoms with Crippen molar-refractivity contribution >= 4 is 21.5 Å². The fourth-order valence-corrected chi connectivity index (χ4v) is 6.17. The summed E-state index contributed by atoms with van der Waals surface area (Å²) in [5.74, 6) is 0.624. The second-order valence-electron chi connectivity index (χ2n) is 10.8. The van der Waals surface area contributed by atoms with Crippen molar-refractivity contribution in [2.45, 2.75) is 0 Å². The summed E-state index contributed by atoms with van der Waals surface area (Å²) in [5.41, 5.74) is 10.0. The Morgan fingerprint density at radius 2 is 0.841 bits per heavy atom. The Labute approximate surface area is 256 Å². The van der Waals surface area contributed by atoms with E-state index in [1.165, 1.54) is 49.4 Å². The van der Waals surface area contributed by atoms with Gasteiger partial charge in [-0.1, -0.05) is 127 Å². The Kier molecular flexibility index (Phi) is 6.47. The smallest absolute Gasteiger partial charge is 0.178 e. The second kappa shape index (κ2) is 11.0. The summed E-state index contributed by atoms with van der Waals surface area (Å²) in [5, 5.41) is 5.01. The van der Waals surface area contributed by atoms with E-state index in [1.54, 1.807) is 12.4 Å². The van der Waals surface area contributed by atoms with E-state index in [-0.39, 0.29) is 0 Å². The predicted octanol–water partition coefficient (Wildman–Crippen LogP) is 10.5. The van der Waals surface area contributed by atoms with E-state index in [4.69, 9.17) is 4.98 Å². The van der Waals surface area contributed by atoms with Crippen LogP contribution in [0.15, 0.2) is 164 Å². The lowest BCUT2D eigenvalue weighted by molar-refractivity contribution is 1.14. The molecule has 0 aliphatic rings. The van der Waals surface area contributed by atoms with Crippen LogP contribution in [0, 0.1) is 0 Å². The zero-order valence-corrected chi connectivity index (χ0v) is 23.9. The molecule has 0 amide bonds. The molecule has 3 nitrogen and oxygen atoms in total. The number of rotatable bonds is 5. The van der Waals surface area contributed by atoms with E-state index in [9.17, 15) is 0 Å². The van der Waals surface area contributed by atoms with Gasteiger partial charge in [0.15, 0.2) is 5.82 Å². The van der Waals surface area contributed by atoms with Crippen LogP contribution in [0.5, 0.6) is 0 Å². The van der Waals surface area contributed by atoms with E-state index in [0.29, 0.717) is 5.82 Å². The summed E-state index contributed by atoms with van der Waals surface area (Å²) in [6, 6.07) is 53.6. The van der Waals surface area contributed by atoms with Crippen LogP contribution in [-0.4, -0.2) is 15.0 Å². The van der Waals surface area contributed by atoms with Gasteiger partial charge in [0.05, 0.1) is 5.69 Å². The van der Waals surface area contributed by atoms with Gasteiger partial charge in [0.2, 0.25) is 0 Å². The Bertz CT molecular complexity index is 2240. The highest BCUT2D eigenvalue weighted by molar-refractivity contribution is 6.21. The van der Waals surface area contributed by atoms with Crippen LogP contribution < -0.4 is 0 Å². The van der Waals surface area contributed by atoms with Crippen molar-refractivity contribution < 1.29 is 0 Å². The molecule has 8 aromatic rings. The third-order valence-electron chi connectivity index (χ3n) is 8.21. The van der Waals surface area contributed by atoms with Crippen LogP contribution >= 0.6 is 0 Å². The standard InChI is InChI=1S/C41H27N3/c1-3-11-30(12-4-1)39-33-15-7-8-16-34(33)40(31-13-5-2-6-14-31)36-27-32(23-24-35(36)39)28-19-21-29(22-20-28)37-17-9-18-38(44-37)41-42-25-10-26-43-41/h1-27H. The van der Waals surface area contributed by atoms with E-state index in [2.05, 4.69) is 137 Å². The third kappa shape index (κ3) is 4.61. The molecular formula is C41H27N3. The highest BCUT2D eigenvalue weighted by Crippen LogP contribution is 2.44. The first kappa shape index (κ1) is 25.8. The molecule has 0 aliphatic carbocycles. The largest absolute Gasteiger partial charge is 0.244 e. The van der Waals surface area contributed by atoms with Gasteiger partial charge in [-0.05, 0) is 79.2 Å². The second-order valence-corrected chi connectivity index (χ2v) is 10.8. The number of aromatic nitrogens is 3. The zero-order valence-electron chi connectivity index (χ0n) is 23.9. The third-order valence-corrected chi connectivity index (χ3v) is 8.21. The minimum Gasteiger partial charge on any atom is -0.244 e. The Morgan fingerprint density at radius 1 is 0.318 bits per heavy atom. The lowest BCUT2D eigenvalue weighted by Gasteiger charge is -2.18. The predicted molar refractivity (Wildman–Crippen MR) is 182 cm³/mol. The topological polar surface area (TPSA) is 38.7 Å². The van der Waals surface area contributed by atoms with E-state index < -0.39 is 0 Å². The molecule has 0 radical (unpaired) electrons. The molecule has 3 heteroatoms. The maximum Gasteiger partial charge on any atom is 0.178 e. The average Bonchev–Trinajstić information content (AvgIpc) is 3.11. The number of fused-ring (bicyclic) bond motifs is 2. The monoisotopic (exact) mass is 561 g/mol. The minimum atomic E-state index is 0.624. The molecule has 0 saturated carbocycles. The Balaban J connectivity index is 1.29. The lowest BCUT2D eigenvalue weighted by atomic mass is 9.85. The van der Waals surface area contributed by atoms with Crippen molar-refractivity contribution in [1.29, 1.82) is 0 Å². The van der Waals surface area contributed by atoms with Gasteiger partial charge in [0.1, 0.15) is 5.69 Å². The van der Waals surface area contributed by atoms with Crippen molar-refractivity contribution in [3.63, 3.8) is 0 Å². The molecular weight excluding hydrogens is 534 g/mol. The number of benzene rings is 6. The van der Waals surface area contributed by atoms with E-state index >= 15 is 0 Å². The first-order chi connectivity index (χ1) is 21.8. The van der Waals surface area contributed by atoms with Gasteiger partial charge < -0.3 is 0 Å². The summed E-state index contributed by atoms with van der Waals surface area (Å²) < 4.78 is 0. The van der Waals surface area contributed by atoms with Crippen LogP contribution in [0.2, 0.25) is 0 Å². The Morgan fingerprint density at radius 3 is 1.50 bits per heavy atom. The van der Waals surface area contributed by atoms with Crippen molar-refractivity contribution in [3.8, 4) is 56.2 Å². The fraction of sp³-hybridized carbons (Fsp3) is 0. The number of nitrogens with zero attached hydrogens (tertiary/aromatic N) is 3. The molecule has 8 rings (SSSR count). The van der Waals surface area contributed by atoms with E-state index in [0.717, 1.165) is 22.5 Å². The molecule has 0 atom stereocenters.